The second-order valence-electron chi connectivity index (χ2n) is 1.26. The predicted octanol–water partition coefficient (Wildman–Crippen LogP) is 2.19. The molecule has 0 atom stereocenters. The highest BCUT2D eigenvalue weighted by Gasteiger charge is 1.90. The van der Waals surface area contributed by atoms with Crippen molar-refractivity contribution in [1.82, 2.24) is 0 Å². The fraction of sp³-hybridized carbons (Fsp3) is 0. The van der Waals surface area contributed by atoms with E-state index in [1.807, 2.05) is 0 Å². The summed E-state index contributed by atoms with van der Waals surface area (Å²) in [6, 6.07) is 7.90. The Morgan fingerprint density at radius 3 is 2.75 bits per heavy atom. The fourth-order valence-corrected chi connectivity index (χ4v) is 0.599. The highest BCUT2D eigenvalue weighted by Crippen LogP contribution is 2.08. The van der Waals surface area contributed by atoms with Crippen molar-refractivity contribution in [3.05, 3.63) is 34.6 Å². The lowest BCUT2D eigenvalue weighted by atomic mass is 10.4. The quantitative estimate of drug-likeness (QED) is 0.564. The van der Waals surface area contributed by atoms with E-state index in [0.717, 1.165) is 0 Å². The van der Waals surface area contributed by atoms with Crippen LogP contribution in [0.2, 0.25) is 0 Å². The molecule has 40 valence electrons. The van der Waals surface area contributed by atoms with Crippen molar-refractivity contribution < 1.29 is 4.39 Å². The number of rotatable bonds is 0. The zero-order valence-electron chi connectivity index (χ0n) is 3.91. The maximum Gasteiger partial charge on any atom is 0.146 e. The average molecular weight is 173 g/mol. The number of halogens is 2. The van der Waals surface area contributed by atoms with Crippen molar-refractivity contribution in [2.24, 2.45) is 0 Å². The Kier molecular flexibility index (Phi) is 1.50. The molecule has 0 fully saturated rings. The minimum atomic E-state index is -0.302. The molecule has 0 radical (unpaired) electrons. The van der Waals surface area contributed by atoms with Gasteiger partial charge in [0.1, 0.15) is 10.3 Å². The molecule has 0 amide bonds. The molecule has 1 aromatic carbocycles. The molecule has 8 heavy (non-hydrogen) atoms. The van der Waals surface area contributed by atoms with Gasteiger partial charge in [-0.3, -0.25) is 0 Å². The van der Waals surface area contributed by atoms with Crippen LogP contribution < -0.4 is 0 Å². The lowest BCUT2D eigenvalue weighted by molar-refractivity contribution is 0.621. The molecule has 0 aliphatic heterocycles. The Hall–Kier alpha value is -0.550. The summed E-state index contributed by atoms with van der Waals surface area (Å²) in [5, 5.41) is 0. The number of hydrogen-bond acceptors (Lipinski definition) is 0. The molecule has 0 spiro atoms. The molecule has 0 bridgehead atoms. The van der Waals surface area contributed by atoms with Crippen molar-refractivity contribution in [3.63, 3.8) is 0 Å². The SMILES string of the molecule is Fc1ccc#cc1Br. The average Bonchev–Trinajstić information content (AvgIpc) is 1.77. The van der Waals surface area contributed by atoms with Gasteiger partial charge in [0.05, 0.1) is 0 Å². The summed E-state index contributed by atoms with van der Waals surface area (Å²) in [6.07, 6.45) is 0. The van der Waals surface area contributed by atoms with E-state index in [-0.39, 0.29) is 5.82 Å². The lowest BCUT2D eigenvalue weighted by Crippen LogP contribution is -1.68. The van der Waals surface area contributed by atoms with Gasteiger partial charge >= 0.3 is 0 Å². The van der Waals surface area contributed by atoms with Gasteiger partial charge in [-0.1, -0.05) is 12.1 Å². The molecule has 0 aliphatic carbocycles. The molecule has 2 heteroatoms. The van der Waals surface area contributed by atoms with Crippen molar-refractivity contribution in [1.29, 1.82) is 0 Å². The zero-order valence-corrected chi connectivity index (χ0v) is 5.50. The normalized spacial score (nSPS) is 8.25. The van der Waals surface area contributed by atoms with Gasteiger partial charge in [-0.25, -0.2) is 4.39 Å². The molecule has 0 N–H and O–H groups in total. The first-order valence-corrected chi connectivity index (χ1v) is 2.83. The summed E-state index contributed by atoms with van der Waals surface area (Å²) in [7, 11) is 0. The van der Waals surface area contributed by atoms with Crippen molar-refractivity contribution >= 4 is 15.9 Å². The van der Waals surface area contributed by atoms with Crippen LogP contribution in [0.25, 0.3) is 0 Å². The van der Waals surface area contributed by atoms with Crippen LogP contribution in [0.1, 0.15) is 0 Å². The third-order valence-corrected chi connectivity index (χ3v) is 1.28. The van der Waals surface area contributed by atoms with Gasteiger partial charge in [-0.15, -0.1) is 0 Å². The van der Waals surface area contributed by atoms with Gasteiger partial charge in [0.15, 0.2) is 0 Å². The summed E-state index contributed by atoms with van der Waals surface area (Å²) in [4.78, 5) is 0. The summed E-state index contributed by atoms with van der Waals surface area (Å²) < 4.78 is 12.6. The van der Waals surface area contributed by atoms with E-state index in [1.54, 1.807) is 0 Å². The maximum atomic E-state index is 12.2. The minimum absolute atomic E-state index is 0.302. The van der Waals surface area contributed by atoms with Gasteiger partial charge in [-0.2, -0.15) is 0 Å². The zero-order chi connectivity index (χ0) is 5.98. The number of hydrogen-bond donors (Lipinski definition) is 0. The van der Waals surface area contributed by atoms with E-state index in [4.69, 9.17) is 0 Å². The van der Waals surface area contributed by atoms with Crippen molar-refractivity contribution in [2.75, 3.05) is 0 Å². The second kappa shape index (κ2) is 2.15. The molecule has 1 rings (SSSR count). The third-order valence-electron chi connectivity index (χ3n) is 0.705. The Bertz CT molecular complexity index is 165. The van der Waals surface area contributed by atoms with Crippen molar-refractivity contribution in [2.45, 2.75) is 0 Å². The Labute approximate surface area is 55.5 Å². The van der Waals surface area contributed by atoms with Crippen LogP contribution in [0.4, 0.5) is 4.39 Å². The van der Waals surface area contributed by atoms with E-state index >= 15 is 0 Å². The van der Waals surface area contributed by atoms with Crippen LogP contribution in [0, 0.1) is 17.9 Å². The van der Waals surface area contributed by atoms with E-state index in [2.05, 4.69) is 28.1 Å². The molecule has 0 saturated heterocycles. The summed E-state index contributed by atoms with van der Waals surface area (Å²) in [6.45, 7) is 0. The minimum Gasteiger partial charge on any atom is -0.205 e. The van der Waals surface area contributed by atoms with Crippen LogP contribution in [0.5, 0.6) is 0 Å². The molecule has 0 aromatic heterocycles. The van der Waals surface area contributed by atoms with Crippen LogP contribution >= 0.6 is 15.9 Å². The summed E-state index contributed by atoms with van der Waals surface area (Å²) in [5.41, 5.74) is 0. The van der Waals surface area contributed by atoms with E-state index < -0.39 is 0 Å². The molecule has 1 aromatic rings. The summed E-state index contributed by atoms with van der Waals surface area (Å²) >= 11 is 2.93. The van der Waals surface area contributed by atoms with Crippen molar-refractivity contribution in [3.8, 4) is 0 Å². The van der Waals surface area contributed by atoms with E-state index in [9.17, 15) is 4.39 Å². The largest absolute Gasteiger partial charge is 0.205 e. The smallest absolute Gasteiger partial charge is 0.146 e. The van der Waals surface area contributed by atoms with Gasteiger partial charge in [0.25, 0.3) is 0 Å². The first-order chi connectivity index (χ1) is 3.80. The van der Waals surface area contributed by atoms with Gasteiger partial charge < -0.3 is 0 Å². The highest BCUT2D eigenvalue weighted by atomic mass is 79.9. The van der Waals surface area contributed by atoms with Gasteiger partial charge in [-0.05, 0) is 28.1 Å². The standard InChI is InChI=1S/C6H2BrF/c7-5-3-1-2-4-6(5)8/h2,4H. The molecular weight excluding hydrogens is 171 g/mol. The first kappa shape index (κ1) is 5.58. The molecule has 0 saturated carbocycles. The van der Waals surface area contributed by atoms with Crippen LogP contribution in [0.15, 0.2) is 16.6 Å². The Morgan fingerprint density at radius 2 is 2.38 bits per heavy atom. The monoisotopic (exact) mass is 172 g/mol. The Morgan fingerprint density at radius 1 is 1.62 bits per heavy atom. The van der Waals surface area contributed by atoms with Crippen LogP contribution in [-0.4, -0.2) is 0 Å². The molecule has 0 unspecified atom stereocenters. The van der Waals surface area contributed by atoms with Gasteiger partial charge in [0.2, 0.25) is 0 Å². The fourth-order valence-electron chi connectivity index (χ4n) is 0.353. The topological polar surface area (TPSA) is 0 Å². The second-order valence-corrected chi connectivity index (χ2v) is 2.06. The lowest BCUT2D eigenvalue weighted by Gasteiger charge is -1.81. The van der Waals surface area contributed by atoms with Crippen LogP contribution in [-0.2, 0) is 0 Å². The van der Waals surface area contributed by atoms with Crippen LogP contribution in [0.3, 0.4) is 0 Å². The molecular formula is C6H2BrF. The molecule has 0 aliphatic rings. The maximum absolute atomic E-state index is 12.2. The predicted molar refractivity (Wildman–Crippen MR) is 31.8 cm³/mol. The van der Waals surface area contributed by atoms with Gasteiger partial charge in [0, 0.05) is 0 Å². The first-order valence-electron chi connectivity index (χ1n) is 2.04. The summed E-state index contributed by atoms with van der Waals surface area (Å²) in [5.74, 6) is -0.302. The third kappa shape index (κ3) is 0.988. The van der Waals surface area contributed by atoms with E-state index in [0.29, 0.717) is 4.47 Å². The van der Waals surface area contributed by atoms with E-state index in [1.165, 1.54) is 12.1 Å². The molecule has 0 nitrogen and oxygen atoms in total. The highest BCUT2D eigenvalue weighted by molar-refractivity contribution is 9.10. The molecule has 0 heterocycles. The Balaban J connectivity index is 3.13.